The van der Waals surface area contributed by atoms with E-state index in [0.29, 0.717) is 0 Å². The molecule has 0 aromatic heterocycles. The first kappa shape index (κ1) is 13.2. The molecule has 0 radical (unpaired) electrons. The second kappa shape index (κ2) is 5.63. The number of phenols is 1. The number of phenolic OH excluding ortho intramolecular Hbond substituents is 1. The van der Waals surface area contributed by atoms with E-state index in [4.69, 9.17) is 5.11 Å². The molecule has 98 valence electrons. The molecule has 1 aliphatic carbocycles. The molecular weight excluding hydrogens is 244 g/mol. The van der Waals surface area contributed by atoms with Crippen LogP contribution in [0.5, 0.6) is 5.75 Å². The number of hydrogen-bond donors (Lipinski definition) is 2. The molecule has 19 heavy (non-hydrogen) atoms. The molecule has 0 spiro atoms. The number of aliphatic hydroxyl groups excluding tert-OH is 1. The number of benzene rings is 1. The van der Waals surface area contributed by atoms with Crippen molar-refractivity contribution in [1.82, 2.24) is 0 Å². The largest absolute Gasteiger partial charge is 0.508 e. The molecule has 0 amide bonds. The zero-order valence-corrected chi connectivity index (χ0v) is 10.2. The van der Waals surface area contributed by atoms with Crippen LogP contribution in [-0.4, -0.2) is 27.9 Å². The van der Waals surface area contributed by atoms with Crippen LogP contribution in [0.25, 0.3) is 6.08 Å². The third kappa shape index (κ3) is 3.17. The minimum atomic E-state index is -1.04. The summed E-state index contributed by atoms with van der Waals surface area (Å²) in [6.45, 7) is 0. The summed E-state index contributed by atoms with van der Waals surface area (Å²) in [7, 11) is 0. The number of aromatic hydroxyl groups is 1. The molecule has 0 heterocycles. The highest BCUT2D eigenvalue weighted by atomic mass is 16.3. The van der Waals surface area contributed by atoms with Crippen molar-refractivity contribution in [2.24, 2.45) is 5.92 Å². The Morgan fingerprint density at radius 3 is 2.58 bits per heavy atom. The van der Waals surface area contributed by atoms with Gasteiger partial charge in [-0.1, -0.05) is 30.4 Å². The van der Waals surface area contributed by atoms with Gasteiger partial charge in [0.15, 0.2) is 5.78 Å². The van der Waals surface area contributed by atoms with E-state index >= 15 is 0 Å². The van der Waals surface area contributed by atoms with Crippen molar-refractivity contribution in [3.63, 3.8) is 0 Å². The molecule has 2 rings (SSSR count). The van der Waals surface area contributed by atoms with E-state index in [9.17, 15) is 14.7 Å². The van der Waals surface area contributed by atoms with Crippen molar-refractivity contribution < 1.29 is 19.8 Å². The monoisotopic (exact) mass is 258 g/mol. The Kier molecular flexibility index (Phi) is 3.92. The fourth-order valence-electron chi connectivity index (χ4n) is 1.95. The first-order valence-corrected chi connectivity index (χ1v) is 5.96. The molecule has 0 aliphatic heterocycles. The lowest BCUT2D eigenvalue weighted by molar-refractivity contribution is -0.133. The van der Waals surface area contributed by atoms with Gasteiger partial charge in [0.1, 0.15) is 17.5 Å². The van der Waals surface area contributed by atoms with Crippen molar-refractivity contribution in [1.29, 1.82) is 0 Å². The average Bonchev–Trinajstić information content (AvgIpc) is 2.38. The Morgan fingerprint density at radius 1 is 1.26 bits per heavy atom. The number of carbonyl (C=O) groups is 2. The zero-order valence-electron chi connectivity index (χ0n) is 10.2. The lowest BCUT2D eigenvalue weighted by Crippen LogP contribution is -2.35. The van der Waals surface area contributed by atoms with Crippen LogP contribution in [0, 0.1) is 5.92 Å². The van der Waals surface area contributed by atoms with Crippen LogP contribution >= 0.6 is 0 Å². The van der Waals surface area contributed by atoms with Gasteiger partial charge in [-0.25, -0.2) is 0 Å². The van der Waals surface area contributed by atoms with E-state index in [1.54, 1.807) is 24.3 Å². The van der Waals surface area contributed by atoms with Crippen LogP contribution in [0.2, 0.25) is 0 Å². The predicted molar refractivity (Wildman–Crippen MR) is 70.4 cm³/mol. The topological polar surface area (TPSA) is 74.6 Å². The van der Waals surface area contributed by atoms with Gasteiger partial charge in [0.2, 0.25) is 0 Å². The Bertz CT molecular complexity index is 540. The van der Waals surface area contributed by atoms with E-state index < -0.39 is 17.8 Å². The standard InChI is InChI=1S/C15H14O4/c16-11-7-4-10(5-8-11)6-9-14(19)15-12(17)2-1-3-13(15)18/h1-2,4-9,12,15-17H,3H2. The molecule has 2 N–H and O–H groups in total. The van der Waals surface area contributed by atoms with Gasteiger partial charge in [-0.3, -0.25) is 9.59 Å². The molecule has 1 aromatic carbocycles. The lowest BCUT2D eigenvalue weighted by Gasteiger charge is -2.19. The predicted octanol–water partition coefficient (Wildman–Crippen LogP) is 1.48. The Morgan fingerprint density at radius 2 is 1.95 bits per heavy atom. The molecule has 1 aliphatic rings. The quantitative estimate of drug-likeness (QED) is 0.489. The van der Waals surface area contributed by atoms with Crippen molar-refractivity contribution in [2.75, 3.05) is 0 Å². The number of aliphatic hydroxyl groups is 1. The summed E-state index contributed by atoms with van der Waals surface area (Å²) in [5, 5.41) is 18.8. The first-order valence-electron chi connectivity index (χ1n) is 5.96. The van der Waals surface area contributed by atoms with Crippen LogP contribution in [0.1, 0.15) is 12.0 Å². The highest BCUT2D eigenvalue weighted by Gasteiger charge is 2.32. The van der Waals surface area contributed by atoms with E-state index in [1.807, 2.05) is 0 Å². The fourth-order valence-corrected chi connectivity index (χ4v) is 1.95. The molecule has 4 heteroatoms. The summed E-state index contributed by atoms with van der Waals surface area (Å²) in [6, 6.07) is 6.32. The van der Waals surface area contributed by atoms with E-state index in [1.165, 1.54) is 24.3 Å². The van der Waals surface area contributed by atoms with E-state index in [0.717, 1.165) is 5.56 Å². The van der Waals surface area contributed by atoms with E-state index in [-0.39, 0.29) is 18.0 Å². The Balaban J connectivity index is 2.10. The van der Waals surface area contributed by atoms with Gasteiger partial charge in [-0.15, -0.1) is 0 Å². The first-order chi connectivity index (χ1) is 9.08. The Hall–Kier alpha value is -2.20. The summed E-state index contributed by atoms with van der Waals surface area (Å²) in [6.07, 6.45) is 5.02. The van der Waals surface area contributed by atoms with Crippen LogP contribution in [0.15, 0.2) is 42.5 Å². The molecule has 0 fully saturated rings. The third-order valence-corrected chi connectivity index (χ3v) is 2.98. The number of carbonyl (C=O) groups excluding carboxylic acids is 2. The van der Waals surface area contributed by atoms with Crippen molar-refractivity contribution in [3.8, 4) is 5.75 Å². The SMILES string of the molecule is O=C(C=Cc1ccc(O)cc1)C1C(=O)CC=CC1O. The number of rotatable bonds is 3. The van der Waals surface area contributed by atoms with Gasteiger partial charge in [-0.05, 0) is 23.8 Å². The van der Waals surface area contributed by atoms with Gasteiger partial charge in [0, 0.05) is 6.42 Å². The second-order valence-corrected chi connectivity index (χ2v) is 4.39. The molecule has 1 aromatic rings. The van der Waals surface area contributed by atoms with E-state index in [2.05, 4.69) is 0 Å². The lowest BCUT2D eigenvalue weighted by atomic mass is 9.86. The maximum Gasteiger partial charge on any atom is 0.169 e. The number of Topliss-reactive ketones (excluding diaryl/α,β-unsaturated/α-hetero) is 1. The van der Waals surface area contributed by atoms with Crippen LogP contribution < -0.4 is 0 Å². The number of hydrogen-bond acceptors (Lipinski definition) is 4. The van der Waals surface area contributed by atoms with Gasteiger partial charge in [0.05, 0.1) is 6.10 Å². The van der Waals surface area contributed by atoms with Gasteiger partial charge in [0.25, 0.3) is 0 Å². The van der Waals surface area contributed by atoms with Crippen LogP contribution in [0.3, 0.4) is 0 Å². The van der Waals surface area contributed by atoms with Gasteiger partial charge in [-0.2, -0.15) is 0 Å². The minimum absolute atomic E-state index is 0.145. The minimum Gasteiger partial charge on any atom is -0.508 e. The number of allylic oxidation sites excluding steroid dienone is 2. The second-order valence-electron chi connectivity index (χ2n) is 4.39. The molecular formula is C15H14O4. The van der Waals surface area contributed by atoms with Crippen LogP contribution in [-0.2, 0) is 9.59 Å². The smallest absolute Gasteiger partial charge is 0.169 e. The van der Waals surface area contributed by atoms with Gasteiger partial charge >= 0.3 is 0 Å². The summed E-state index contributed by atoms with van der Waals surface area (Å²) < 4.78 is 0. The van der Waals surface area contributed by atoms with Crippen LogP contribution in [0.4, 0.5) is 0 Å². The number of ketones is 2. The highest BCUT2D eigenvalue weighted by Crippen LogP contribution is 2.18. The molecule has 0 bridgehead atoms. The normalized spacial score (nSPS) is 22.9. The molecule has 0 saturated heterocycles. The van der Waals surface area contributed by atoms with Gasteiger partial charge < -0.3 is 10.2 Å². The molecule has 2 atom stereocenters. The average molecular weight is 258 g/mol. The highest BCUT2D eigenvalue weighted by molar-refractivity contribution is 6.10. The summed E-state index contributed by atoms with van der Waals surface area (Å²) >= 11 is 0. The summed E-state index contributed by atoms with van der Waals surface area (Å²) in [5.74, 6) is -1.53. The molecule has 4 nitrogen and oxygen atoms in total. The molecule has 0 saturated carbocycles. The summed E-state index contributed by atoms with van der Waals surface area (Å²) in [4.78, 5) is 23.5. The fraction of sp³-hybridized carbons (Fsp3) is 0.200. The van der Waals surface area contributed by atoms with Crippen molar-refractivity contribution in [3.05, 3.63) is 48.1 Å². The van der Waals surface area contributed by atoms with Crippen molar-refractivity contribution >= 4 is 17.6 Å². The molecule has 2 unspecified atom stereocenters. The third-order valence-electron chi connectivity index (χ3n) is 2.98. The Labute approximate surface area is 110 Å². The maximum atomic E-state index is 11.9. The summed E-state index contributed by atoms with van der Waals surface area (Å²) in [5.41, 5.74) is 0.736. The van der Waals surface area contributed by atoms with Crippen molar-refractivity contribution in [2.45, 2.75) is 12.5 Å². The zero-order chi connectivity index (χ0) is 13.8. The maximum absolute atomic E-state index is 11.9.